The molecule has 1 aliphatic heterocycles. The number of hydrogen-bond acceptors (Lipinski definition) is 7. The summed E-state index contributed by atoms with van der Waals surface area (Å²) in [5.41, 5.74) is 1.76. The van der Waals surface area contributed by atoms with Gasteiger partial charge in [0.2, 0.25) is 5.82 Å². The molecule has 168 valence electrons. The number of piperazine rings is 1. The zero-order chi connectivity index (χ0) is 22.5. The van der Waals surface area contributed by atoms with E-state index in [2.05, 4.69) is 30.0 Å². The average Bonchev–Trinajstić information content (AvgIpc) is 3.49. The van der Waals surface area contributed by atoms with Gasteiger partial charge in [-0.15, -0.1) is 5.10 Å². The van der Waals surface area contributed by atoms with Crippen molar-refractivity contribution >= 4 is 22.8 Å². The molecule has 1 saturated heterocycles. The van der Waals surface area contributed by atoms with Crippen molar-refractivity contribution in [1.82, 2.24) is 39.4 Å². The SMILES string of the molecule is Cc1nc(N2CCN(C(=O)c3nc(C4CC4)n(-c4ccccc4)n3)CC2)c2cnn(C)c2n1. The Bertz CT molecular complexity index is 1330. The Balaban J connectivity index is 1.22. The lowest BCUT2D eigenvalue weighted by atomic mass is 10.2. The van der Waals surface area contributed by atoms with Gasteiger partial charge in [-0.1, -0.05) is 18.2 Å². The van der Waals surface area contributed by atoms with Crippen molar-refractivity contribution in [3.63, 3.8) is 0 Å². The molecule has 0 radical (unpaired) electrons. The number of rotatable bonds is 4. The second-order valence-electron chi connectivity index (χ2n) is 8.69. The van der Waals surface area contributed by atoms with Crippen LogP contribution in [0.1, 0.15) is 41.0 Å². The molecule has 1 amide bonds. The number of nitrogens with zero attached hydrogens (tertiary/aromatic N) is 9. The van der Waals surface area contributed by atoms with Crippen molar-refractivity contribution in [3.05, 3.63) is 54.0 Å². The molecule has 2 aliphatic rings. The van der Waals surface area contributed by atoms with Gasteiger partial charge in [0.15, 0.2) is 5.65 Å². The van der Waals surface area contributed by atoms with E-state index in [0.29, 0.717) is 37.9 Å². The van der Waals surface area contributed by atoms with E-state index in [0.717, 1.165) is 41.2 Å². The van der Waals surface area contributed by atoms with E-state index in [1.54, 1.807) is 10.9 Å². The summed E-state index contributed by atoms with van der Waals surface area (Å²) >= 11 is 0. The van der Waals surface area contributed by atoms with Gasteiger partial charge >= 0.3 is 0 Å². The van der Waals surface area contributed by atoms with E-state index in [1.807, 2.05) is 53.9 Å². The predicted octanol–water partition coefficient (Wildman–Crippen LogP) is 2.09. The maximum absolute atomic E-state index is 13.3. The molecule has 1 aliphatic carbocycles. The van der Waals surface area contributed by atoms with Crippen LogP contribution in [-0.2, 0) is 7.05 Å². The third-order valence-electron chi connectivity index (χ3n) is 6.32. The number of aromatic nitrogens is 7. The highest BCUT2D eigenvalue weighted by molar-refractivity contribution is 5.91. The molecule has 6 rings (SSSR count). The maximum Gasteiger partial charge on any atom is 0.293 e. The molecule has 1 aromatic carbocycles. The largest absolute Gasteiger partial charge is 0.352 e. The van der Waals surface area contributed by atoms with Crippen LogP contribution in [0.5, 0.6) is 0 Å². The summed E-state index contributed by atoms with van der Waals surface area (Å²) in [6.45, 7) is 4.43. The molecule has 10 heteroatoms. The zero-order valence-electron chi connectivity index (χ0n) is 18.7. The van der Waals surface area contributed by atoms with E-state index >= 15 is 0 Å². The summed E-state index contributed by atoms with van der Waals surface area (Å²) in [4.78, 5) is 31.2. The molecule has 0 N–H and O–H groups in total. The number of amides is 1. The lowest BCUT2D eigenvalue weighted by Crippen LogP contribution is -2.49. The van der Waals surface area contributed by atoms with Gasteiger partial charge in [-0.3, -0.25) is 9.48 Å². The third-order valence-corrected chi connectivity index (χ3v) is 6.32. The van der Waals surface area contributed by atoms with Gasteiger partial charge in [0.1, 0.15) is 17.5 Å². The normalized spacial score (nSPS) is 16.5. The monoisotopic (exact) mass is 443 g/mol. The minimum absolute atomic E-state index is 0.114. The van der Waals surface area contributed by atoms with E-state index in [9.17, 15) is 4.79 Å². The summed E-state index contributed by atoms with van der Waals surface area (Å²) in [6, 6.07) is 9.92. The average molecular weight is 444 g/mol. The molecule has 4 heterocycles. The van der Waals surface area contributed by atoms with Gasteiger partial charge in [0.05, 0.1) is 17.3 Å². The fourth-order valence-corrected chi connectivity index (χ4v) is 4.40. The summed E-state index contributed by atoms with van der Waals surface area (Å²) in [6.07, 6.45) is 4.00. The fraction of sp³-hybridized carbons (Fsp3) is 0.391. The Morgan fingerprint density at radius 3 is 2.48 bits per heavy atom. The van der Waals surface area contributed by atoms with Crippen LogP contribution in [0.25, 0.3) is 16.7 Å². The molecule has 0 atom stereocenters. The van der Waals surface area contributed by atoms with Crippen LogP contribution >= 0.6 is 0 Å². The molecule has 1 saturated carbocycles. The summed E-state index contributed by atoms with van der Waals surface area (Å²) < 4.78 is 3.60. The van der Waals surface area contributed by atoms with Crippen LogP contribution in [0.15, 0.2) is 36.5 Å². The Labute approximate surface area is 190 Å². The molecule has 0 unspecified atom stereocenters. The first kappa shape index (κ1) is 19.8. The van der Waals surface area contributed by atoms with Crippen LogP contribution < -0.4 is 4.90 Å². The highest BCUT2D eigenvalue weighted by Crippen LogP contribution is 2.39. The number of carbonyl (C=O) groups excluding carboxylic acids is 1. The molecular weight excluding hydrogens is 418 g/mol. The number of para-hydroxylation sites is 1. The number of carbonyl (C=O) groups is 1. The molecule has 2 fully saturated rings. The maximum atomic E-state index is 13.3. The number of aryl methyl sites for hydroxylation is 2. The second-order valence-corrected chi connectivity index (χ2v) is 8.69. The summed E-state index contributed by atoms with van der Waals surface area (Å²) in [5.74, 6) is 3.03. The first-order valence-corrected chi connectivity index (χ1v) is 11.3. The van der Waals surface area contributed by atoms with E-state index in [1.165, 1.54) is 0 Å². The van der Waals surface area contributed by atoms with Gasteiger partial charge in [0.25, 0.3) is 5.91 Å². The van der Waals surface area contributed by atoms with Gasteiger partial charge < -0.3 is 9.80 Å². The zero-order valence-corrected chi connectivity index (χ0v) is 18.7. The van der Waals surface area contributed by atoms with Crippen molar-refractivity contribution in [2.45, 2.75) is 25.7 Å². The number of hydrogen-bond donors (Lipinski definition) is 0. The highest BCUT2D eigenvalue weighted by Gasteiger charge is 2.33. The smallest absolute Gasteiger partial charge is 0.293 e. The fourth-order valence-electron chi connectivity index (χ4n) is 4.40. The van der Waals surface area contributed by atoms with Crippen molar-refractivity contribution in [2.24, 2.45) is 7.05 Å². The Hall–Kier alpha value is -3.82. The molecule has 33 heavy (non-hydrogen) atoms. The molecule has 0 spiro atoms. The first-order chi connectivity index (χ1) is 16.1. The van der Waals surface area contributed by atoms with Crippen LogP contribution in [0, 0.1) is 6.92 Å². The number of benzene rings is 1. The molecule has 0 bridgehead atoms. The lowest BCUT2D eigenvalue weighted by Gasteiger charge is -2.35. The third kappa shape index (κ3) is 3.51. The highest BCUT2D eigenvalue weighted by atomic mass is 16.2. The molecule has 3 aromatic heterocycles. The minimum Gasteiger partial charge on any atom is -0.352 e. The minimum atomic E-state index is -0.114. The number of fused-ring (bicyclic) bond motifs is 1. The summed E-state index contributed by atoms with van der Waals surface area (Å²) in [7, 11) is 1.88. The first-order valence-electron chi connectivity index (χ1n) is 11.3. The van der Waals surface area contributed by atoms with Gasteiger partial charge in [-0.25, -0.2) is 19.6 Å². The second kappa shape index (κ2) is 7.65. The van der Waals surface area contributed by atoms with Crippen molar-refractivity contribution in [1.29, 1.82) is 0 Å². The van der Waals surface area contributed by atoms with Crippen LogP contribution in [0.2, 0.25) is 0 Å². The van der Waals surface area contributed by atoms with Crippen molar-refractivity contribution in [3.8, 4) is 5.69 Å². The standard InChI is InChI=1S/C23H25N9O/c1-15-25-21-18(14-24-29(21)2)22(26-15)30-10-12-31(13-11-30)23(33)19-27-20(16-8-9-16)32(28-19)17-6-4-3-5-7-17/h3-7,14,16H,8-13H2,1-2H3. The van der Waals surface area contributed by atoms with E-state index < -0.39 is 0 Å². The van der Waals surface area contributed by atoms with Gasteiger partial charge in [0, 0.05) is 39.1 Å². The lowest BCUT2D eigenvalue weighted by molar-refractivity contribution is 0.0734. The van der Waals surface area contributed by atoms with Crippen LogP contribution in [0.4, 0.5) is 5.82 Å². The van der Waals surface area contributed by atoms with E-state index in [-0.39, 0.29) is 11.7 Å². The number of anilines is 1. The molecular formula is C23H25N9O. The summed E-state index contributed by atoms with van der Waals surface area (Å²) in [5, 5.41) is 9.88. The van der Waals surface area contributed by atoms with Crippen LogP contribution in [-0.4, -0.2) is 71.5 Å². The van der Waals surface area contributed by atoms with E-state index in [4.69, 9.17) is 0 Å². The Morgan fingerprint density at radius 2 is 1.76 bits per heavy atom. The van der Waals surface area contributed by atoms with Gasteiger partial charge in [-0.05, 0) is 31.9 Å². The van der Waals surface area contributed by atoms with Gasteiger partial charge in [-0.2, -0.15) is 5.10 Å². The Kier molecular flexibility index (Phi) is 4.60. The van der Waals surface area contributed by atoms with Crippen molar-refractivity contribution < 1.29 is 4.79 Å². The van der Waals surface area contributed by atoms with Crippen molar-refractivity contribution in [2.75, 3.05) is 31.1 Å². The molecule has 4 aromatic rings. The quantitative estimate of drug-likeness (QED) is 0.476. The predicted molar refractivity (Wildman–Crippen MR) is 122 cm³/mol. The van der Waals surface area contributed by atoms with Crippen LogP contribution in [0.3, 0.4) is 0 Å². The Morgan fingerprint density at radius 1 is 1.00 bits per heavy atom. The molecule has 10 nitrogen and oxygen atoms in total. The topological polar surface area (TPSA) is 97.9 Å².